The van der Waals surface area contributed by atoms with Crippen LogP contribution < -0.4 is 10.9 Å². The van der Waals surface area contributed by atoms with Gasteiger partial charge < -0.3 is 9.31 Å². The van der Waals surface area contributed by atoms with Gasteiger partial charge in [0.05, 0.1) is 23.1 Å². The fraction of sp³-hybridized carbons (Fsp3) is 0.240. The molecule has 1 fully saturated rings. The average Bonchev–Trinajstić information content (AvgIpc) is 2.97. The molecule has 3 aromatic carbocycles. The van der Waals surface area contributed by atoms with Gasteiger partial charge >= 0.3 is 7.12 Å². The van der Waals surface area contributed by atoms with E-state index in [4.69, 9.17) is 9.31 Å². The van der Waals surface area contributed by atoms with Crippen molar-refractivity contribution in [1.29, 1.82) is 0 Å². The SMILES string of the molecule is CC1(C)OB(c2ccc(-c3ccc(C=NNc4ccccc4)cc3)cc2)OC1(C)C. The molecule has 0 aromatic heterocycles. The summed E-state index contributed by atoms with van der Waals surface area (Å²) in [4.78, 5) is 0. The normalized spacial score (nSPS) is 17.4. The van der Waals surface area contributed by atoms with Crippen molar-refractivity contribution >= 4 is 24.5 Å². The first-order chi connectivity index (χ1) is 14.3. The molecule has 152 valence electrons. The van der Waals surface area contributed by atoms with Gasteiger partial charge in [0.2, 0.25) is 0 Å². The van der Waals surface area contributed by atoms with Gasteiger partial charge in [0.25, 0.3) is 0 Å². The fourth-order valence-corrected chi connectivity index (χ4v) is 3.27. The van der Waals surface area contributed by atoms with Crippen LogP contribution in [0.3, 0.4) is 0 Å². The van der Waals surface area contributed by atoms with Gasteiger partial charge in [-0.25, -0.2) is 0 Å². The van der Waals surface area contributed by atoms with E-state index in [1.54, 1.807) is 0 Å². The highest BCUT2D eigenvalue weighted by molar-refractivity contribution is 6.62. The topological polar surface area (TPSA) is 42.8 Å². The van der Waals surface area contributed by atoms with Gasteiger partial charge in [0, 0.05) is 0 Å². The Morgan fingerprint density at radius 3 is 1.83 bits per heavy atom. The summed E-state index contributed by atoms with van der Waals surface area (Å²) in [5, 5.41) is 4.29. The second-order valence-electron chi connectivity index (χ2n) is 8.57. The molecule has 4 rings (SSSR count). The van der Waals surface area contributed by atoms with Gasteiger partial charge in [-0.05, 0) is 62.0 Å². The molecule has 1 heterocycles. The summed E-state index contributed by atoms with van der Waals surface area (Å²) in [5.74, 6) is 0. The Labute approximate surface area is 179 Å². The standard InChI is InChI=1S/C25H27BN2O2/c1-24(2)25(3,4)30-26(29-24)22-16-14-21(15-17-22)20-12-10-19(11-13-20)18-27-28-23-8-6-5-7-9-23/h5-18,28H,1-4H3. The van der Waals surface area contributed by atoms with Crippen molar-refractivity contribution in [3.63, 3.8) is 0 Å². The van der Waals surface area contributed by atoms with Crippen LogP contribution in [0.2, 0.25) is 0 Å². The number of hydrogen-bond donors (Lipinski definition) is 1. The smallest absolute Gasteiger partial charge is 0.399 e. The maximum absolute atomic E-state index is 6.14. The summed E-state index contributed by atoms with van der Waals surface area (Å²) in [6.07, 6.45) is 1.82. The van der Waals surface area contributed by atoms with Gasteiger partial charge in [0.1, 0.15) is 0 Å². The lowest BCUT2D eigenvalue weighted by Gasteiger charge is -2.32. The van der Waals surface area contributed by atoms with Gasteiger partial charge in [-0.1, -0.05) is 66.7 Å². The Hall–Kier alpha value is -2.89. The molecule has 0 spiro atoms. The van der Waals surface area contributed by atoms with Crippen molar-refractivity contribution in [3.05, 3.63) is 84.4 Å². The zero-order chi connectivity index (χ0) is 21.2. The Morgan fingerprint density at radius 1 is 0.733 bits per heavy atom. The maximum Gasteiger partial charge on any atom is 0.494 e. The van der Waals surface area contributed by atoms with Crippen LogP contribution in [0.4, 0.5) is 5.69 Å². The number of rotatable bonds is 5. The minimum atomic E-state index is -0.334. The molecule has 1 N–H and O–H groups in total. The van der Waals surface area contributed by atoms with Crippen molar-refractivity contribution < 1.29 is 9.31 Å². The zero-order valence-electron chi connectivity index (χ0n) is 17.9. The van der Waals surface area contributed by atoms with E-state index < -0.39 is 0 Å². The van der Waals surface area contributed by atoms with E-state index in [0.717, 1.165) is 27.8 Å². The molecule has 0 radical (unpaired) electrons. The lowest BCUT2D eigenvalue weighted by molar-refractivity contribution is 0.00578. The van der Waals surface area contributed by atoms with Crippen LogP contribution in [-0.4, -0.2) is 24.5 Å². The third-order valence-corrected chi connectivity index (χ3v) is 5.86. The molecule has 0 aliphatic carbocycles. The molecule has 5 heteroatoms. The summed E-state index contributed by atoms with van der Waals surface area (Å²) < 4.78 is 12.3. The van der Waals surface area contributed by atoms with E-state index in [1.807, 2.05) is 36.5 Å². The molecular weight excluding hydrogens is 371 g/mol. The molecule has 0 saturated carbocycles. The van der Waals surface area contributed by atoms with Crippen LogP contribution in [0, 0.1) is 0 Å². The average molecular weight is 398 g/mol. The lowest BCUT2D eigenvalue weighted by atomic mass is 9.78. The molecule has 4 nitrogen and oxygen atoms in total. The summed E-state index contributed by atoms with van der Waals surface area (Å²) in [6.45, 7) is 8.28. The third kappa shape index (κ3) is 4.32. The largest absolute Gasteiger partial charge is 0.494 e. The minimum absolute atomic E-state index is 0.330. The number of benzene rings is 3. The van der Waals surface area contributed by atoms with Crippen molar-refractivity contribution in [1.82, 2.24) is 0 Å². The number of anilines is 1. The molecule has 0 unspecified atom stereocenters. The predicted octanol–water partition coefficient (Wildman–Crippen LogP) is 5.10. The van der Waals surface area contributed by atoms with E-state index >= 15 is 0 Å². The highest BCUT2D eigenvalue weighted by atomic mass is 16.7. The lowest BCUT2D eigenvalue weighted by Crippen LogP contribution is -2.41. The first kappa shape index (κ1) is 20.4. The number of nitrogens with zero attached hydrogens (tertiary/aromatic N) is 1. The van der Waals surface area contributed by atoms with Crippen LogP contribution in [-0.2, 0) is 9.31 Å². The summed E-state index contributed by atoms with van der Waals surface area (Å²) in [6, 6.07) is 26.6. The number of hydrogen-bond acceptors (Lipinski definition) is 4. The summed E-state index contributed by atoms with van der Waals surface area (Å²) >= 11 is 0. The molecule has 0 atom stereocenters. The zero-order valence-corrected chi connectivity index (χ0v) is 17.9. The Kier molecular flexibility index (Phi) is 5.50. The molecule has 0 bridgehead atoms. The van der Waals surface area contributed by atoms with Crippen LogP contribution in [0.15, 0.2) is 84.0 Å². The Balaban J connectivity index is 1.41. The molecule has 3 aromatic rings. The summed E-state index contributed by atoms with van der Waals surface area (Å²) in [5.41, 5.74) is 7.72. The Morgan fingerprint density at radius 2 is 1.27 bits per heavy atom. The molecular formula is C25H27BN2O2. The second kappa shape index (κ2) is 8.09. The van der Waals surface area contributed by atoms with E-state index in [9.17, 15) is 0 Å². The first-order valence-corrected chi connectivity index (χ1v) is 10.2. The molecule has 1 aliphatic heterocycles. The molecule has 30 heavy (non-hydrogen) atoms. The highest BCUT2D eigenvalue weighted by Crippen LogP contribution is 2.36. The van der Waals surface area contributed by atoms with E-state index in [1.165, 1.54) is 0 Å². The quantitative estimate of drug-likeness (QED) is 0.370. The summed E-state index contributed by atoms with van der Waals surface area (Å²) in [7, 11) is -0.334. The molecule has 1 saturated heterocycles. The van der Waals surface area contributed by atoms with E-state index in [-0.39, 0.29) is 18.3 Å². The third-order valence-electron chi connectivity index (χ3n) is 5.86. The van der Waals surface area contributed by atoms with E-state index in [2.05, 4.69) is 86.8 Å². The number of para-hydroxylation sites is 1. The van der Waals surface area contributed by atoms with Crippen molar-refractivity contribution in [2.24, 2.45) is 5.10 Å². The monoisotopic (exact) mass is 398 g/mol. The van der Waals surface area contributed by atoms with Gasteiger partial charge in [-0.15, -0.1) is 0 Å². The van der Waals surface area contributed by atoms with Crippen molar-refractivity contribution in [3.8, 4) is 11.1 Å². The Bertz CT molecular complexity index is 997. The van der Waals surface area contributed by atoms with Crippen molar-refractivity contribution in [2.45, 2.75) is 38.9 Å². The molecule has 0 amide bonds. The first-order valence-electron chi connectivity index (χ1n) is 10.2. The second-order valence-corrected chi connectivity index (χ2v) is 8.57. The van der Waals surface area contributed by atoms with Gasteiger partial charge in [-0.3, -0.25) is 5.43 Å². The van der Waals surface area contributed by atoms with Crippen LogP contribution in [0.1, 0.15) is 33.3 Å². The predicted molar refractivity (Wildman–Crippen MR) is 125 cm³/mol. The van der Waals surface area contributed by atoms with Gasteiger partial charge in [0.15, 0.2) is 0 Å². The minimum Gasteiger partial charge on any atom is -0.399 e. The number of hydrazone groups is 1. The molecule has 1 aliphatic rings. The van der Waals surface area contributed by atoms with Crippen LogP contribution >= 0.6 is 0 Å². The maximum atomic E-state index is 6.14. The van der Waals surface area contributed by atoms with Crippen molar-refractivity contribution in [2.75, 3.05) is 5.43 Å². The van der Waals surface area contributed by atoms with Crippen LogP contribution in [0.25, 0.3) is 11.1 Å². The van der Waals surface area contributed by atoms with E-state index in [0.29, 0.717) is 0 Å². The van der Waals surface area contributed by atoms with Crippen LogP contribution in [0.5, 0.6) is 0 Å². The van der Waals surface area contributed by atoms with Gasteiger partial charge in [-0.2, -0.15) is 5.10 Å². The number of nitrogens with one attached hydrogen (secondary N) is 1. The highest BCUT2D eigenvalue weighted by Gasteiger charge is 2.51. The fourth-order valence-electron chi connectivity index (χ4n) is 3.27.